The molecule has 3 rings (SSSR count). The number of benzene rings is 2. The number of carboxylic acid groups (broad SMARTS) is 1. The number of amides is 4. The SMILES string of the molecule is O=C(O)COc1c(Br)cc(/C=C2\C(=O)NC(=O)N(c3ccccc3Cl)C2=O)cc1Br. The number of rotatable bonds is 5. The first-order valence-corrected chi connectivity index (χ1v) is 10.1. The molecule has 11 heteroatoms. The molecule has 4 amide bonds. The summed E-state index contributed by atoms with van der Waals surface area (Å²) in [6, 6.07) is 8.40. The second-order valence-electron chi connectivity index (χ2n) is 5.91. The van der Waals surface area contributed by atoms with E-state index in [1.165, 1.54) is 30.3 Å². The largest absolute Gasteiger partial charge is 0.480 e. The number of anilines is 1. The number of urea groups is 1. The molecule has 30 heavy (non-hydrogen) atoms. The van der Waals surface area contributed by atoms with Gasteiger partial charge in [-0.2, -0.15) is 0 Å². The van der Waals surface area contributed by atoms with E-state index in [0.717, 1.165) is 4.90 Å². The molecule has 8 nitrogen and oxygen atoms in total. The second-order valence-corrected chi connectivity index (χ2v) is 8.02. The van der Waals surface area contributed by atoms with E-state index in [0.29, 0.717) is 14.5 Å². The standard InChI is InChI=1S/C19H11Br2ClN2O6/c20-11-6-9(7-12(21)16(11)30-8-15(25)26)5-10-17(27)23-19(29)24(18(10)28)14-4-2-1-3-13(14)22/h1-7H,8H2,(H,25,26)(H,23,27,29)/b10-5+. The van der Waals surface area contributed by atoms with Gasteiger partial charge in [-0.25, -0.2) is 14.5 Å². The highest BCUT2D eigenvalue weighted by Gasteiger charge is 2.37. The predicted molar refractivity (Wildman–Crippen MR) is 115 cm³/mol. The molecule has 0 aromatic heterocycles. The van der Waals surface area contributed by atoms with Gasteiger partial charge >= 0.3 is 12.0 Å². The minimum absolute atomic E-state index is 0.139. The highest BCUT2D eigenvalue weighted by Crippen LogP contribution is 2.36. The Kier molecular flexibility index (Phi) is 6.59. The molecule has 1 saturated heterocycles. The van der Waals surface area contributed by atoms with Crippen molar-refractivity contribution in [2.75, 3.05) is 11.5 Å². The summed E-state index contributed by atoms with van der Waals surface area (Å²) in [7, 11) is 0. The Hall–Kier alpha value is -2.69. The Labute approximate surface area is 191 Å². The van der Waals surface area contributed by atoms with Crippen LogP contribution in [0.1, 0.15) is 5.56 Å². The van der Waals surface area contributed by atoms with Crippen molar-refractivity contribution in [3.8, 4) is 5.75 Å². The summed E-state index contributed by atoms with van der Waals surface area (Å²) in [5.74, 6) is -2.59. The van der Waals surface area contributed by atoms with Gasteiger partial charge in [-0.05, 0) is 67.8 Å². The fraction of sp³-hybridized carbons (Fsp3) is 0.0526. The maximum absolute atomic E-state index is 12.9. The van der Waals surface area contributed by atoms with Crippen molar-refractivity contribution in [3.63, 3.8) is 0 Å². The van der Waals surface area contributed by atoms with Crippen molar-refractivity contribution in [2.45, 2.75) is 0 Å². The summed E-state index contributed by atoms with van der Waals surface area (Å²) >= 11 is 12.6. The molecule has 0 radical (unpaired) electrons. The molecule has 1 heterocycles. The summed E-state index contributed by atoms with van der Waals surface area (Å²) in [5, 5.41) is 11.0. The highest BCUT2D eigenvalue weighted by atomic mass is 79.9. The molecule has 0 atom stereocenters. The van der Waals surface area contributed by atoms with Gasteiger partial charge < -0.3 is 9.84 Å². The first kappa shape index (κ1) is 22.0. The molecule has 154 valence electrons. The summed E-state index contributed by atoms with van der Waals surface area (Å²) in [4.78, 5) is 49.0. The van der Waals surface area contributed by atoms with Crippen LogP contribution in [-0.2, 0) is 14.4 Å². The van der Waals surface area contributed by atoms with Gasteiger partial charge in [0.1, 0.15) is 11.3 Å². The third kappa shape index (κ3) is 4.55. The first-order valence-electron chi connectivity index (χ1n) is 8.18. The molecule has 2 N–H and O–H groups in total. The van der Waals surface area contributed by atoms with Crippen molar-refractivity contribution in [1.29, 1.82) is 0 Å². The van der Waals surface area contributed by atoms with E-state index in [1.54, 1.807) is 12.1 Å². The number of nitrogens with one attached hydrogen (secondary N) is 1. The average molecular weight is 559 g/mol. The lowest BCUT2D eigenvalue weighted by molar-refractivity contribution is -0.139. The minimum Gasteiger partial charge on any atom is -0.480 e. The number of ether oxygens (including phenoxy) is 1. The number of para-hydroxylation sites is 1. The van der Waals surface area contributed by atoms with Gasteiger partial charge in [0.2, 0.25) is 0 Å². The predicted octanol–water partition coefficient (Wildman–Crippen LogP) is 3.99. The van der Waals surface area contributed by atoms with Crippen molar-refractivity contribution in [1.82, 2.24) is 5.32 Å². The Morgan fingerprint density at radius 1 is 1.17 bits per heavy atom. The van der Waals surface area contributed by atoms with Gasteiger partial charge in [-0.3, -0.25) is 14.9 Å². The van der Waals surface area contributed by atoms with Gasteiger partial charge in [0.25, 0.3) is 11.8 Å². The van der Waals surface area contributed by atoms with Crippen molar-refractivity contribution < 1.29 is 29.0 Å². The third-order valence-electron chi connectivity index (χ3n) is 3.87. The maximum Gasteiger partial charge on any atom is 0.341 e. The highest BCUT2D eigenvalue weighted by molar-refractivity contribution is 9.11. The lowest BCUT2D eigenvalue weighted by Gasteiger charge is -2.27. The minimum atomic E-state index is -1.14. The topological polar surface area (TPSA) is 113 Å². The zero-order valence-electron chi connectivity index (χ0n) is 14.8. The van der Waals surface area contributed by atoms with Crippen molar-refractivity contribution in [3.05, 3.63) is 61.5 Å². The Bertz CT molecular complexity index is 1090. The van der Waals surface area contributed by atoms with E-state index in [2.05, 4.69) is 37.2 Å². The molecule has 1 aliphatic heterocycles. The lowest BCUT2D eigenvalue weighted by Crippen LogP contribution is -2.54. The molecule has 0 aliphatic carbocycles. The zero-order chi connectivity index (χ0) is 22.0. The molecule has 1 fully saturated rings. The van der Waals surface area contributed by atoms with Crippen LogP contribution in [0.4, 0.5) is 10.5 Å². The van der Waals surface area contributed by atoms with Gasteiger partial charge in [-0.15, -0.1) is 0 Å². The molecule has 1 aliphatic rings. The molecule has 2 aromatic carbocycles. The molecule has 0 unspecified atom stereocenters. The number of carbonyl (C=O) groups is 4. The van der Waals surface area contributed by atoms with Gasteiger partial charge in [0.05, 0.1) is 19.7 Å². The van der Waals surface area contributed by atoms with Gasteiger partial charge in [-0.1, -0.05) is 23.7 Å². The van der Waals surface area contributed by atoms with Gasteiger partial charge in [0, 0.05) is 0 Å². The lowest BCUT2D eigenvalue weighted by atomic mass is 10.1. The number of hydrogen-bond donors (Lipinski definition) is 2. The number of carbonyl (C=O) groups excluding carboxylic acids is 3. The van der Waals surface area contributed by atoms with Crippen LogP contribution in [0.3, 0.4) is 0 Å². The van der Waals surface area contributed by atoms with Gasteiger partial charge in [0.15, 0.2) is 6.61 Å². The molecular weight excluding hydrogens is 547 g/mol. The molecular formula is C19H11Br2ClN2O6. The molecule has 0 spiro atoms. The molecule has 0 saturated carbocycles. The van der Waals surface area contributed by atoms with Crippen LogP contribution in [0.5, 0.6) is 5.75 Å². The normalized spacial score (nSPS) is 15.4. The van der Waals surface area contributed by atoms with E-state index < -0.39 is 30.4 Å². The quantitative estimate of drug-likeness (QED) is 0.424. The Morgan fingerprint density at radius 2 is 1.80 bits per heavy atom. The smallest absolute Gasteiger partial charge is 0.341 e. The third-order valence-corrected chi connectivity index (χ3v) is 5.36. The van der Waals surface area contributed by atoms with Crippen LogP contribution < -0.4 is 15.0 Å². The number of hydrogen-bond acceptors (Lipinski definition) is 5. The number of imide groups is 2. The fourth-order valence-electron chi connectivity index (χ4n) is 2.61. The van der Waals surface area contributed by atoms with E-state index in [1.807, 2.05) is 0 Å². The van der Waals surface area contributed by atoms with E-state index >= 15 is 0 Å². The van der Waals surface area contributed by atoms with Crippen LogP contribution >= 0.6 is 43.5 Å². The number of barbiturate groups is 1. The molecule has 0 bridgehead atoms. The van der Waals surface area contributed by atoms with Crippen LogP contribution in [0, 0.1) is 0 Å². The number of nitrogens with zero attached hydrogens (tertiary/aromatic N) is 1. The zero-order valence-corrected chi connectivity index (χ0v) is 18.7. The first-order chi connectivity index (χ1) is 14.2. The van der Waals surface area contributed by atoms with Crippen LogP contribution in [0.15, 0.2) is 50.9 Å². The summed E-state index contributed by atoms with van der Waals surface area (Å²) in [6.45, 7) is -0.548. The van der Waals surface area contributed by atoms with Crippen molar-refractivity contribution in [2.24, 2.45) is 0 Å². The summed E-state index contributed by atoms with van der Waals surface area (Å²) < 4.78 is 5.98. The Morgan fingerprint density at radius 3 is 2.40 bits per heavy atom. The number of carboxylic acids is 1. The van der Waals surface area contributed by atoms with E-state index in [-0.39, 0.29) is 22.0 Å². The molecule has 2 aromatic rings. The monoisotopic (exact) mass is 556 g/mol. The average Bonchev–Trinajstić information content (AvgIpc) is 2.65. The Balaban J connectivity index is 1.99. The van der Waals surface area contributed by atoms with Crippen molar-refractivity contribution >= 4 is 79.0 Å². The number of halogens is 3. The number of aliphatic carboxylic acids is 1. The van der Waals surface area contributed by atoms with Crippen LogP contribution in [0.2, 0.25) is 5.02 Å². The summed E-state index contributed by atoms with van der Waals surface area (Å²) in [6.07, 6.45) is 1.30. The fourth-order valence-corrected chi connectivity index (χ4v) is 4.28. The second kappa shape index (κ2) is 8.99. The maximum atomic E-state index is 12.9. The van der Waals surface area contributed by atoms with Crippen LogP contribution in [-0.4, -0.2) is 35.5 Å². The van der Waals surface area contributed by atoms with E-state index in [9.17, 15) is 19.2 Å². The summed E-state index contributed by atoms with van der Waals surface area (Å²) in [5.41, 5.74) is 0.274. The van der Waals surface area contributed by atoms with E-state index in [4.69, 9.17) is 21.4 Å². The van der Waals surface area contributed by atoms with Crippen LogP contribution in [0.25, 0.3) is 6.08 Å².